The fourth-order valence-electron chi connectivity index (χ4n) is 2.41. The molecule has 1 rings (SSSR count). The highest BCUT2D eigenvalue weighted by molar-refractivity contribution is 5.95. The number of benzene rings is 1. The zero-order valence-electron chi connectivity index (χ0n) is 14.7. The van der Waals surface area contributed by atoms with Crippen molar-refractivity contribution in [1.82, 2.24) is 10.6 Å². The molecule has 0 radical (unpaired) electrons. The van der Waals surface area contributed by atoms with Gasteiger partial charge in [-0.25, -0.2) is 4.79 Å². The summed E-state index contributed by atoms with van der Waals surface area (Å²) in [6.45, 7) is 10.5. The lowest BCUT2D eigenvalue weighted by Gasteiger charge is -2.21. The Bertz CT molecular complexity index is 541. The van der Waals surface area contributed by atoms with Crippen LogP contribution in [0.15, 0.2) is 18.2 Å². The van der Waals surface area contributed by atoms with Crippen molar-refractivity contribution in [2.45, 2.75) is 47.1 Å². The van der Waals surface area contributed by atoms with Crippen molar-refractivity contribution in [1.29, 1.82) is 0 Å². The number of ether oxygens (including phenoxy) is 1. The largest absolute Gasteiger partial charge is 0.450 e. The maximum atomic E-state index is 12.4. The van der Waals surface area contributed by atoms with Gasteiger partial charge in [0.05, 0.1) is 6.61 Å². The van der Waals surface area contributed by atoms with Crippen LogP contribution in [0.4, 0.5) is 4.79 Å². The van der Waals surface area contributed by atoms with Gasteiger partial charge in [-0.2, -0.15) is 0 Å². The van der Waals surface area contributed by atoms with E-state index in [1.165, 1.54) is 0 Å². The lowest BCUT2D eigenvalue weighted by Crippen LogP contribution is -2.44. The van der Waals surface area contributed by atoms with E-state index in [1.54, 1.807) is 6.92 Å². The molecule has 5 heteroatoms. The Labute approximate surface area is 138 Å². The van der Waals surface area contributed by atoms with Crippen molar-refractivity contribution in [3.05, 3.63) is 34.9 Å². The second-order valence-electron chi connectivity index (χ2n) is 6.15. The number of hydrogen-bond donors (Lipinski definition) is 2. The molecule has 0 bridgehead atoms. The molecule has 0 fully saturated rings. The van der Waals surface area contributed by atoms with Crippen molar-refractivity contribution in [2.24, 2.45) is 5.92 Å². The first-order chi connectivity index (χ1) is 10.8. The van der Waals surface area contributed by atoms with Crippen molar-refractivity contribution < 1.29 is 14.3 Å². The summed E-state index contributed by atoms with van der Waals surface area (Å²) < 4.78 is 4.92. The molecule has 0 aliphatic rings. The number of carbonyl (C=O) groups excluding carboxylic acids is 2. The van der Waals surface area contributed by atoms with Gasteiger partial charge in [-0.15, -0.1) is 0 Å². The van der Waals surface area contributed by atoms with Crippen LogP contribution >= 0.6 is 0 Å². The van der Waals surface area contributed by atoms with Crippen molar-refractivity contribution in [3.63, 3.8) is 0 Å². The Morgan fingerprint density at radius 1 is 1.22 bits per heavy atom. The summed E-state index contributed by atoms with van der Waals surface area (Å²) in [6, 6.07) is 5.52. The third-order valence-electron chi connectivity index (χ3n) is 3.71. The molecule has 0 saturated heterocycles. The van der Waals surface area contributed by atoms with Crippen LogP contribution in [0.3, 0.4) is 0 Å². The van der Waals surface area contributed by atoms with Crippen molar-refractivity contribution in [3.8, 4) is 0 Å². The molecule has 23 heavy (non-hydrogen) atoms. The van der Waals surface area contributed by atoms with Crippen LogP contribution in [0.25, 0.3) is 0 Å². The molecule has 0 unspecified atom stereocenters. The Morgan fingerprint density at radius 2 is 1.91 bits per heavy atom. The molecule has 1 aromatic rings. The summed E-state index contributed by atoms with van der Waals surface area (Å²) in [4.78, 5) is 24.0. The van der Waals surface area contributed by atoms with E-state index in [9.17, 15) is 9.59 Å². The van der Waals surface area contributed by atoms with Gasteiger partial charge in [0.1, 0.15) is 0 Å². The standard InChI is InChI=1S/C18H28N2O3/c1-6-23-18(22)20-15(10-12(2)3)11-19-17(21)16-9-7-8-13(4)14(16)5/h7-9,12,15H,6,10-11H2,1-5H3,(H,19,21)(H,20,22)/t15-/m0/s1. The molecule has 1 atom stereocenters. The maximum Gasteiger partial charge on any atom is 0.407 e. The second kappa shape index (κ2) is 9.18. The first-order valence-corrected chi connectivity index (χ1v) is 8.12. The number of carbonyl (C=O) groups is 2. The van der Waals surface area contributed by atoms with Gasteiger partial charge in [0.2, 0.25) is 0 Å². The summed E-state index contributed by atoms with van der Waals surface area (Å²) in [7, 11) is 0. The van der Waals surface area contributed by atoms with E-state index in [-0.39, 0.29) is 11.9 Å². The predicted octanol–water partition coefficient (Wildman–Crippen LogP) is 3.19. The first-order valence-electron chi connectivity index (χ1n) is 8.12. The summed E-state index contributed by atoms with van der Waals surface area (Å²) in [6.07, 6.45) is 0.324. The van der Waals surface area contributed by atoms with Crippen LogP contribution in [-0.2, 0) is 4.74 Å². The fraction of sp³-hybridized carbons (Fsp3) is 0.556. The molecular weight excluding hydrogens is 292 g/mol. The van der Waals surface area contributed by atoms with Gasteiger partial charge in [-0.05, 0) is 50.3 Å². The Hall–Kier alpha value is -2.04. The van der Waals surface area contributed by atoms with E-state index < -0.39 is 6.09 Å². The number of aryl methyl sites for hydroxylation is 1. The monoisotopic (exact) mass is 320 g/mol. The van der Waals surface area contributed by atoms with Crippen molar-refractivity contribution >= 4 is 12.0 Å². The Balaban J connectivity index is 2.67. The highest BCUT2D eigenvalue weighted by Gasteiger charge is 2.17. The number of nitrogens with one attached hydrogen (secondary N) is 2. The summed E-state index contributed by atoms with van der Waals surface area (Å²) in [5.41, 5.74) is 2.73. The molecule has 0 saturated carbocycles. The lowest BCUT2D eigenvalue weighted by atomic mass is 10.0. The molecule has 5 nitrogen and oxygen atoms in total. The topological polar surface area (TPSA) is 67.4 Å². The molecule has 0 heterocycles. The smallest absolute Gasteiger partial charge is 0.407 e. The molecule has 1 aromatic carbocycles. The Morgan fingerprint density at radius 3 is 2.52 bits per heavy atom. The van der Waals surface area contributed by atoms with E-state index >= 15 is 0 Å². The average molecular weight is 320 g/mol. The molecular formula is C18H28N2O3. The highest BCUT2D eigenvalue weighted by atomic mass is 16.5. The van der Waals surface area contributed by atoms with Crippen LogP contribution in [0, 0.1) is 19.8 Å². The van der Waals surface area contributed by atoms with Gasteiger partial charge in [0.25, 0.3) is 5.91 Å². The van der Waals surface area contributed by atoms with Crippen molar-refractivity contribution in [2.75, 3.05) is 13.2 Å². The number of amides is 2. The minimum Gasteiger partial charge on any atom is -0.450 e. The third kappa shape index (κ3) is 6.30. The van der Waals surface area contributed by atoms with Crippen LogP contribution < -0.4 is 10.6 Å². The molecule has 0 spiro atoms. The van der Waals surface area contributed by atoms with Crippen LogP contribution in [0.1, 0.15) is 48.7 Å². The van der Waals surface area contributed by atoms with E-state index in [0.717, 1.165) is 17.5 Å². The van der Waals surface area contributed by atoms with Gasteiger partial charge >= 0.3 is 6.09 Å². The quantitative estimate of drug-likeness (QED) is 0.811. The average Bonchev–Trinajstić information content (AvgIpc) is 2.47. The zero-order valence-corrected chi connectivity index (χ0v) is 14.7. The summed E-state index contributed by atoms with van der Waals surface area (Å²) in [5, 5.41) is 5.72. The van der Waals surface area contributed by atoms with Crippen LogP contribution in [0.2, 0.25) is 0 Å². The van der Waals surface area contributed by atoms with Gasteiger partial charge in [-0.1, -0.05) is 26.0 Å². The van der Waals surface area contributed by atoms with Gasteiger partial charge in [0, 0.05) is 18.2 Å². The zero-order chi connectivity index (χ0) is 17.4. The second-order valence-corrected chi connectivity index (χ2v) is 6.15. The fourth-order valence-corrected chi connectivity index (χ4v) is 2.41. The van der Waals surface area contributed by atoms with Gasteiger partial charge < -0.3 is 15.4 Å². The predicted molar refractivity (Wildman–Crippen MR) is 91.6 cm³/mol. The highest BCUT2D eigenvalue weighted by Crippen LogP contribution is 2.12. The minimum absolute atomic E-state index is 0.120. The molecule has 2 N–H and O–H groups in total. The maximum absolute atomic E-state index is 12.4. The van der Waals surface area contributed by atoms with E-state index in [2.05, 4.69) is 24.5 Å². The van der Waals surface area contributed by atoms with E-state index in [0.29, 0.717) is 24.6 Å². The van der Waals surface area contributed by atoms with E-state index in [4.69, 9.17) is 4.74 Å². The molecule has 128 valence electrons. The minimum atomic E-state index is -0.445. The number of rotatable bonds is 7. The summed E-state index contributed by atoms with van der Waals surface area (Å²) in [5.74, 6) is 0.283. The van der Waals surface area contributed by atoms with E-state index in [1.807, 2.05) is 32.0 Å². The van der Waals surface area contributed by atoms with Crippen LogP contribution in [-0.4, -0.2) is 31.2 Å². The van der Waals surface area contributed by atoms with Gasteiger partial charge in [0.15, 0.2) is 0 Å². The SMILES string of the molecule is CCOC(=O)N[C@H](CNC(=O)c1cccc(C)c1C)CC(C)C. The third-order valence-corrected chi connectivity index (χ3v) is 3.71. The van der Waals surface area contributed by atoms with Gasteiger partial charge in [-0.3, -0.25) is 4.79 Å². The number of hydrogen-bond acceptors (Lipinski definition) is 3. The summed E-state index contributed by atoms with van der Waals surface area (Å²) >= 11 is 0. The normalized spacial score (nSPS) is 11.9. The molecule has 0 aliphatic heterocycles. The molecule has 0 aliphatic carbocycles. The van der Waals surface area contributed by atoms with Crippen LogP contribution in [0.5, 0.6) is 0 Å². The molecule has 2 amide bonds. The first kappa shape index (κ1) is 19.0. The number of alkyl carbamates (subject to hydrolysis) is 1. The molecule has 0 aromatic heterocycles. The lowest BCUT2D eigenvalue weighted by molar-refractivity contribution is 0.0944. The Kier molecular flexibility index (Phi) is 7.59.